The highest BCUT2D eigenvalue weighted by molar-refractivity contribution is 7.89. The van der Waals surface area contributed by atoms with Crippen molar-refractivity contribution in [2.45, 2.75) is 37.6 Å². The first-order chi connectivity index (χ1) is 10.4. The number of halogens is 1. The van der Waals surface area contributed by atoms with Gasteiger partial charge in [0.15, 0.2) is 0 Å². The van der Waals surface area contributed by atoms with E-state index in [4.69, 9.17) is 0 Å². The summed E-state index contributed by atoms with van der Waals surface area (Å²) in [5.74, 6) is -0.415. The Morgan fingerprint density at radius 3 is 2.82 bits per heavy atom. The maximum absolute atomic E-state index is 13.3. The monoisotopic (exact) mass is 339 g/mol. The summed E-state index contributed by atoms with van der Waals surface area (Å²) < 4.78 is 40.9. The van der Waals surface area contributed by atoms with Gasteiger partial charge in [-0.2, -0.15) is 4.31 Å². The fourth-order valence-electron chi connectivity index (χ4n) is 3.11. The summed E-state index contributed by atoms with van der Waals surface area (Å²) in [5, 5.41) is 2.02. The predicted molar refractivity (Wildman–Crippen MR) is 86.1 cm³/mol. The van der Waals surface area contributed by atoms with Crippen LogP contribution in [0.3, 0.4) is 0 Å². The summed E-state index contributed by atoms with van der Waals surface area (Å²) in [4.78, 5) is 1.47. The van der Waals surface area contributed by atoms with Gasteiger partial charge in [0, 0.05) is 11.4 Å². The molecule has 1 aliphatic heterocycles. The molecule has 3 nitrogen and oxygen atoms in total. The average molecular weight is 339 g/mol. The fourth-order valence-corrected chi connectivity index (χ4v) is 5.93. The van der Waals surface area contributed by atoms with Gasteiger partial charge < -0.3 is 0 Å². The molecule has 22 heavy (non-hydrogen) atoms. The molecule has 3 rings (SSSR count). The number of fused-ring (bicyclic) bond motifs is 1. The van der Waals surface area contributed by atoms with Crippen molar-refractivity contribution < 1.29 is 12.8 Å². The van der Waals surface area contributed by atoms with Crippen LogP contribution in [-0.4, -0.2) is 19.3 Å². The summed E-state index contributed by atoms with van der Waals surface area (Å²) >= 11 is 1.69. The first-order valence-electron chi connectivity index (χ1n) is 7.29. The Balaban J connectivity index is 2.06. The lowest BCUT2D eigenvalue weighted by Gasteiger charge is -2.34. The minimum Gasteiger partial charge on any atom is -0.207 e. The van der Waals surface area contributed by atoms with E-state index in [-0.39, 0.29) is 10.9 Å². The van der Waals surface area contributed by atoms with Crippen LogP contribution in [0.25, 0.3) is 0 Å². The topological polar surface area (TPSA) is 37.4 Å². The lowest BCUT2D eigenvalue weighted by atomic mass is 10.0. The predicted octanol–water partition coefficient (Wildman–Crippen LogP) is 3.89. The Morgan fingerprint density at radius 2 is 2.14 bits per heavy atom. The molecule has 6 heteroatoms. The van der Waals surface area contributed by atoms with Gasteiger partial charge in [0.2, 0.25) is 10.0 Å². The molecular formula is C16H18FNO2S2. The molecule has 1 unspecified atom stereocenters. The molecule has 0 aliphatic carbocycles. The van der Waals surface area contributed by atoms with Crippen LogP contribution < -0.4 is 0 Å². The van der Waals surface area contributed by atoms with E-state index in [1.807, 2.05) is 18.4 Å². The van der Waals surface area contributed by atoms with Gasteiger partial charge >= 0.3 is 0 Å². The molecule has 1 aromatic carbocycles. The van der Waals surface area contributed by atoms with Crippen LogP contribution in [-0.2, 0) is 16.4 Å². The highest BCUT2D eigenvalue weighted by atomic mass is 32.2. The van der Waals surface area contributed by atoms with Crippen LogP contribution in [0.5, 0.6) is 0 Å². The van der Waals surface area contributed by atoms with Gasteiger partial charge in [0.1, 0.15) is 5.82 Å². The van der Waals surface area contributed by atoms with E-state index in [1.165, 1.54) is 23.1 Å². The first kappa shape index (κ1) is 15.6. The normalized spacial score (nSPS) is 19.1. The molecule has 0 bridgehead atoms. The maximum atomic E-state index is 13.3. The number of nitrogens with zero attached hydrogens (tertiary/aromatic N) is 1. The van der Waals surface area contributed by atoms with Gasteiger partial charge in [0.05, 0.1) is 10.9 Å². The third kappa shape index (κ3) is 2.49. The average Bonchev–Trinajstić information content (AvgIpc) is 2.94. The van der Waals surface area contributed by atoms with Crippen molar-refractivity contribution in [3.63, 3.8) is 0 Å². The molecule has 1 aliphatic rings. The van der Waals surface area contributed by atoms with Crippen molar-refractivity contribution in [1.82, 2.24) is 4.31 Å². The first-order valence-corrected chi connectivity index (χ1v) is 9.61. The number of benzene rings is 1. The molecule has 1 aromatic heterocycles. The van der Waals surface area contributed by atoms with Crippen LogP contribution in [0.4, 0.5) is 4.39 Å². The molecule has 0 saturated carbocycles. The molecule has 1 atom stereocenters. The quantitative estimate of drug-likeness (QED) is 0.851. The van der Waals surface area contributed by atoms with Gasteiger partial charge in [0.25, 0.3) is 0 Å². The summed E-state index contributed by atoms with van der Waals surface area (Å²) in [6, 6.07) is 5.74. The molecule has 0 N–H and O–H groups in total. The maximum Gasteiger partial charge on any atom is 0.243 e. The number of hydrogen-bond donors (Lipinski definition) is 0. The molecule has 2 heterocycles. The van der Waals surface area contributed by atoms with Crippen LogP contribution in [0, 0.1) is 12.7 Å². The van der Waals surface area contributed by atoms with Crippen molar-refractivity contribution >= 4 is 21.4 Å². The Bertz CT molecular complexity index is 798. The van der Waals surface area contributed by atoms with Crippen LogP contribution in [0.2, 0.25) is 0 Å². The van der Waals surface area contributed by atoms with Crippen molar-refractivity contribution in [1.29, 1.82) is 0 Å². The third-order valence-corrected chi connectivity index (χ3v) is 7.22. The lowest BCUT2D eigenvalue weighted by Crippen LogP contribution is -2.39. The number of aryl methyl sites for hydroxylation is 1. The molecule has 0 radical (unpaired) electrons. The van der Waals surface area contributed by atoms with Crippen LogP contribution in [0.15, 0.2) is 34.5 Å². The SMILES string of the molecule is CCC1c2ccsc2CCN1S(=O)(=O)c1ccc(F)cc1C. The molecule has 118 valence electrons. The van der Waals surface area contributed by atoms with Crippen LogP contribution >= 0.6 is 11.3 Å². The number of sulfonamides is 1. The van der Waals surface area contributed by atoms with E-state index < -0.39 is 15.8 Å². The summed E-state index contributed by atoms with van der Waals surface area (Å²) in [6.07, 6.45) is 1.46. The second-order valence-corrected chi connectivity index (χ2v) is 8.36. The van der Waals surface area contributed by atoms with Crippen molar-refractivity contribution in [2.75, 3.05) is 6.54 Å². The molecule has 0 saturated heterocycles. The van der Waals surface area contributed by atoms with E-state index >= 15 is 0 Å². The number of thiophene rings is 1. The van der Waals surface area contributed by atoms with E-state index in [0.717, 1.165) is 18.4 Å². The zero-order valence-corrected chi connectivity index (χ0v) is 14.2. The second-order valence-electron chi connectivity index (χ2n) is 5.50. The van der Waals surface area contributed by atoms with Gasteiger partial charge in [-0.25, -0.2) is 12.8 Å². The molecule has 0 spiro atoms. The Labute approximate surface area is 134 Å². The van der Waals surface area contributed by atoms with Gasteiger partial charge in [-0.15, -0.1) is 11.3 Å². The van der Waals surface area contributed by atoms with Gasteiger partial charge in [-0.3, -0.25) is 0 Å². The minimum absolute atomic E-state index is 0.135. The molecule has 2 aromatic rings. The van der Waals surface area contributed by atoms with E-state index in [9.17, 15) is 12.8 Å². The molecule has 0 fully saturated rings. The Morgan fingerprint density at radius 1 is 1.36 bits per heavy atom. The highest BCUT2D eigenvalue weighted by Crippen LogP contribution is 2.38. The molecular weight excluding hydrogens is 321 g/mol. The van der Waals surface area contributed by atoms with E-state index in [2.05, 4.69) is 0 Å². The Kier molecular flexibility index (Phi) is 4.09. The second kappa shape index (κ2) is 5.76. The highest BCUT2D eigenvalue weighted by Gasteiger charge is 2.36. The van der Waals surface area contributed by atoms with E-state index in [0.29, 0.717) is 12.1 Å². The standard InChI is InChI=1S/C16H18FNO2S2/c1-3-14-13-7-9-21-15(13)6-8-18(14)22(19,20)16-5-4-12(17)10-11(16)2/h4-5,7,9-10,14H,3,6,8H2,1-2H3. The van der Waals surface area contributed by atoms with Crippen molar-refractivity contribution in [3.05, 3.63) is 51.5 Å². The zero-order chi connectivity index (χ0) is 15.9. The smallest absolute Gasteiger partial charge is 0.207 e. The fraction of sp³-hybridized carbons (Fsp3) is 0.375. The largest absolute Gasteiger partial charge is 0.243 e. The van der Waals surface area contributed by atoms with Crippen molar-refractivity contribution in [3.8, 4) is 0 Å². The number of hydrogen-bond acceptors (Lipinski definition) is 3. The van der Waals surface area contributed by atoms with Crippen LogP contribution in [0.1, 0.15) is 35.4 Å². The summed E-state index contributed by atoms with van der Waals surface area (Å²) in [5.41, 5.74) is 1.56. The summed E-state index contributed by atoms with van der Waals surface area (Å²) in [6.45, 7) is 4.11. The third-order valence-electron chi connectivity index (χ3n) is 4.16. The van der Waals surface area contributed by atoms with Gasteiger partial charge in [-0.05, 0) is 60.5 Å². The van der Waals surface area contributed by atoms with E-state index in [1.54, 1.807) is 22.6 Å². The van der Waals surface area contributed by atoms with Gasteiger partial charge in [-0.1, -0.05) is 6.92 Å². The lowest BCUT2D eigenvalue weighted by molar-refractivity contribution is 0.303. The number of rotatable bonds is 3. The molecule has 0 amide bonds. The van der Waals surface area contributed by atoms with Crippen molar-refractivity contribution in [2.24, 2.45) is 0 Å². The Hall–Kier alpha value is -1.24. The minimum atomic E-state index is -3.62. The zero-order valence-electron chi connectivity index (χ0n) is 12.5. The summed E-state index contributed by atoms with van der Waals surface area (Å²) in [7, 11) is -3.62.